The number of ketones is 1. The average Bonchev–Trinajstić information content (AvgIpc) is 3.17. The summed E-state index contributed by atoms with van der Waals surface area (Å²) in [4.78, 5) is 49.7. The van der Waals surface area contributed by atoms with E-state index in [9.17, 15) is 19.2 Å². The van der Waals surface area contributed by atoms with Crippen molar-refractivity contribution in [2.24, 2.45) is 17.8 Å². The van der Waals surface area contributed by atoms with Crippen molar-refractivity contribution in [3.63, 3.8) is 0 Å². The number of nitrogens with zero attached hydrogens (tertiary/aromatic N) is 1. The molecular weight excluding hydrogens is 364 g/mol. The molecule has 8 heteroatoms. The maximum atomic E-state index is 12.3. The molecule has 1 unspecified atom stereocenters. The molecular formula is C20H26N2O6. The Balaban J connectivity index is 1.38. The van der Waals surface area contributed by atoms with Gasteiger partial charge in [0, 0.05) is 18.9 Å². The Bertz CT molecular complexity index is 713. The van der Waals surface area contributed by atoms with E-state index in [-0.39, 0.29) is 42.5 Å². The van der Waals surface area contributed by atoms with E-state index >= 15 is 0 Å². The fraction of sp³-hybridized carbons (Fsp3) is 0.600. The highest BCUT2D eigenvalue weighted by molar-refractivity contribution is 5.88. The van der Waals surface area contributed by atoms with Crippen LogP contribution in [0.3, 0.4) is 0 Å². The lowest BCUT2D eigenvalue weighted by Gasteiger charge is -2.36. The van der Waals surface area contributed by atoms with Gasteiger partial charge in [-0.3, -0.25) is 19.2 Å². The first-order chi connectivity index (χ1) is 13.4. The van der Waals surface area contributed by atoms with Crippen LogP contribution in [0, 0.1) is 17.8 Å². The normalized spacial score (nSPS) is 23.8. The van der Waals surface area contributed by atoms with Crippen molar-refractivity contribution < 1.29 is 28.3 Å². The third-order valence-corrected chi connectivity index (χ3v) is 5.57. The van der Waals surface area contributed by atoms with Gasteiger partial charge in [0.2, 0.25) is 5.91 Å². The van der Waals surface area contributed by atoms with Crippen LogP contribution < -0.4 is 5.32 Å². The summed E-state index contributed by atoms with van der Waals surface area (Å²) in [6.07, 6.45) is 5.28. The Labute approximate surface area is 163 Å². The van der Waals surface area contributed by atoms with Gasteiger partial charge in [-0.25, -0.2) is 0 Å². The molecule has 2 aliphatic rings. The monoisotopic (exact) mass is 390 g/mol. The summed E-state index contributed by atoms with van der Waals surface area (Å²) in [6, 6.07) is 3.46. The van der Waals surface area contributed by atoms with Crippen LogP contribution in [-0.2, 0) is 30.5 Å². The molecule has 0 aliphatic heterocycles. The van der Waals surface area contributed by atoms with Crippen molar-refractivity contribution >= 4 is 23.6 Å². The number of hydrogen-bond donors (Lipinski definition) is 1. The number of rotatable bonds is 7. The van der Waals surface area contributed by atoms with E-state index in [2.05, 4.69) is 5.32 Å². The molecule has 3 rings (SSSR count). The number of Topliss-reactive ketones (excluding diaryl/α,β-unsaturated/α-hetero) is 1. The summed E-state index contributed by atoms with van der Waals surface area (Å²) in [6.45, 7) is -0.300. The van der Waals surface area contributed by atoms with E-state index in [0.717, 1.165) is 19.3 Å². The van der Waals surface area contributed by atoms with Crippen molar-refractivity contribution in [3.05, 3.63) is 24.2 Å². The second-order valence-corrected chi connectivity index (χ2v) is 7.61. The molecule has 2 fully saturated rings. The number of esters is 1. The van der Waals surface area contributed by atoms with Gasteiger partial charge in [-0.05, 0) is 37.8 Å². The van der Waals surface area contributed by atoms with Crippen LogP contribution in [0.15, 0.2) is 22.8 Å². The van der Waals surface area contributed by atoms with Gasteiger partial charge in [-0.15, -0.1) is 0 Å². The number of carbonyl (C=O) groups excluding carboxylic acids is 4. The molecule has 2 amide bonds. The molecule has 0 radical (unpaired) electrons. The van der Waals surface area contributed by atoms with E-state index in [1.54, 1.807) is 12.1 Å². The van der Waals surface area contributed by atoms with Gasteiger partial charge in [0.15, 0.2) is 6.61 Å². The highest BCUT2D eigenvalue weighted by Gasteiger charge is 2.41. The largest absolute Gasteiger partial charge is 0.467 e. The molecule has 152 valence electrons. The van der Waals surface area contributed by atoms with E-state index in [4.69, 9.17) is 9.15 Å². The maximum Gasteiger partial charge on any atom is 0.309 e. The number of hydrogen-bond acceptors (Lipinski definition) is 6. The van der Waals surface area contributed by atoms with Gasteiger partial charge in [0.05, 0.1) is 25.3 Å². The molecule has 0 saturated heterocycles. The molecule has 1 aromatic heterocycles. The van der Waals surface area contributed by atoms with Gasteiger partial charge < -0.3 is 19.4 Å². The molecule has 2 saturated carbocycles. The summed E-state index contributed by atoms with van der Waals surface area (Å²) in [5, 5.41) is 2.65. The smallest absolute Gasteiger partial charge is 0.309 e. The first-order valence-corrected chi connectivity index (χ1v) is 9.67. The third kappa shape index (κ3) is 4.99. The van der Waals surface area contributed by atoms with E-state index in [1.807, 2.05) is 0 Å². The number of amides is 2. The number of fused-ring (bicyclic) bond motifs is 2. The number of nitrogens with one attached hydrogen (secondary N) is 1. The molecule has 1 heterocycles. The van der Waals surface area contributed by atoms with E-state index in [0.29, 0.717) is 18.6 Å². The van der Waals surface area contributed by atoms with Crippen LogP contribution >= 0.6 is 0 Å². The first-order valence-electron chi connectivity index (χ1n) is 9.67. The van der Waals surface area contributed by atoms with Crippen molar-refractivity contribution in [1.82, 2.24) is 10.2 Å². The minimum absolute atomic E-state index is 0.0405. The lowest BCUT2D eigenvalue weighted by Crippen LogP contribution is -2.42. The molecule has 0 spiro atoms. The molecule has 3 atom stereocenters. The minimum atomic E-state index is -0.450. The quantitative estimate of drug-likeness (QED) is 0.704. The van der Waals surface area contributed by atoms with Crippen LogP contribution in [0.25, 0.3) is 0 Å². The topological polar surface area (TPSA) is 106 Å². The fourth-order valence-corrected chi connectivity index (χ4v) is 3.99. The van der Waals surface area contributed by atoms with Gasteiger partial charge in [-0.2, -0.15) is 0 Å². The van der Waals surface area contributed by atoms with Crippen molar-refractivity contribution in [2.45, 2.75) is 38.6 Å². The maximum absolute atomic E-state index is 12.3. The standard InChI is InChI=1S/C20H26N2O6/c1-22(11-17(23)21-10-16-6-3-7-27-16)18(24)12-28-20(26)15-8-13-4-2-5-14(9-15)19(13)25/h3,6-7,13-15H,2,4-5,8-12H2,1H3,(H,21,23)/t13-,14+,15?. The van der Waals surface area contributed by atoms with Gasteiger partial charge in [-0.1, -0.05) is 6.42 Å². The summed E-state index contributed by atoms with van der Waals surface area (Å²) < 4.78 is 10.3. The molecule has 8 nitrogen and oxygen atoms in total. The number of ether oxygens (including phenoxy) is 1. The molecule has 0 aromatic carbocycles. The Morgan fingerprint density at radius 3 is 2.61 bits per heavy atom. The minimum Gasteiger partial charge on any atom is -0.467 e. The zero-order valence-corrected chi connectivity index (χ0v) is 16.0. The molecule has 2 aliphatic carbocycles. The van der Waals surface area contributed by atoms with Gasteiger partial charge >= 0.3 is 5.97 Å². The van der Waals surface area contributed by atoms with Gasteiger partial charge in [0.25, 0.3) is 5.91 Å². The second kappa shape index (κ2) is 9.03. The highest BCUT2D eigenvalue weighted by Crippen LogP contribution is 2.40. The van der Waals surface area contributed by atoms with Crippen LogP contribution in [0.1, 0.15) is 37.9 Å². The lowest BCUT2D eigenvalue weighted by molar-refractivity contribution is -0.158. The Morgan fingerprint density at radius 2 is 1.96 bits per heavy atom. The lowest BCUT2D eigenvalue weighted by atomic mass is 9.67. The summed E-state index contributed by atoms with van der Waals surface area (Å²) in [5.41, 5.74) is 0. The molecule has 1 N–H and O–H groups in total. The Morgan fingerprint density at radius 1 is 1.25 bits per heavy atom. The molecule has 1 aromatic rings. The number of furan rings is 1. The van der Waals surface area contributed by atoms with Crippen LogP contribution in [0.5, 0.6) is 0 Å². The molecule has 2 bridgehead atoms. The van der Waals surface area contributed by atoms with Crippen molar-refractivity contribution in [3.8, 4) is 0 Å². The van der Waals surface area contributed by atoms with Crippen LogP contribution in [0.4, 0.5) is 0 Å². The summed E-state index contributed by atoms with van der Waals surface area (Å²) >= 11 is 0. The average molecular weight is 390 g/mol. The predicted molar refractivity (Wildman–Crippen MR) is 97.7 cm³/mol. The zero-order valence-electron chi connectivity index (χ0n) is 16.0. The number of carbonyl (C=O) groups is 4. The number of likely N-dealkylation sites (N-methyl/N-ethyl adjacent to an activating group) is 1. The van der Waals surface area contributed by atoms with Crippen LogP contribution in [-0.4, -0.2) is 48.7 Å². The first kappa shape index (κ1) is 20.1. The zero-order chi connectivity index (χ0) is 20.1. The highest BCUT2D eigenvalue weighted by atomic mass is 16.5. The summed E-state index contributed by atoms with van der Waals surface area (Å²) in [7, 11) is 1.48. The van der Waals surface area contributed by atoms with E-state index < -0.39 is 18.5 Å². The predicted octanol–water partition coefficient (Wildman–Crippen LogP) is 1.29. The fourth-order valence-electron chi connectivity index (χ4n) is 3.99. The van der Waals surface area contributed by atoms with Crippen molar-refractivity contribution in [1.29, 1.82) is 0 Å². The second-order valence-electron chi connectivity index (χ2n) is 7.61. The molecule has 28 heavy (non-hydrogen) atoms. The van der Waals surface area contributed by atoms with Gasteiger partial charge in [0.1, 0.15) is 11.5 Å². The SMILES string of the molecule is CN(CC(=O)NCc1ccco1)C(=O)COC(=O)C1C[C@H]2CCC[C@@H](C1)C2=O. The Kier molecular flexibility index (Phi) is 6.49. The third-order valence-electron chi connectivity index (χ3n) is 5.57. The van der Waals surface area contributed by atoms with E-state index in [1.165, 1.54) is 18.2 Å². The summed E-state index contributed by atoms with van der Waals surface area (Å²) in [5.74, 6) is -0.705. The van der Waals surface area contributed by atoms with Crippen molar-refractivity contribution in [2.75, 3.05) is 20.2 Å². The van der Waals surface area contributed by atoms with Crippen LogP contribution in [0.2, 0.25) is 0 Å². The Hall–Kier alpha value is -2.64.